The van der Waals surface area contributed by atoms with E-state index >= 15 is 0 Å². The highest BCUT2D eigenvalue weighted by molar-refractivity contribution is 5.26. The van der Waals surface area contributed by atoms with E-state index in [0.29, 0.717) is 12.1 Å². The van der Waals surface area contributed by atoms with Gasteiger partial charge in [-0.2, -0.15) is 44.8 Å². The minimum atomic E-state index is -7.01. The number of rotatable bonds is 5. The van der Waals surface area contributed by atoms with Crippen LogP contribution in [0, 0.1) is 17.1 Å². The third-order valence-electron chi connectivity index (χ3n) is 3.10. The summed E-state index contributed by atoms with van der Waals surface area (Å²) in [6.45, 7) is 0. The van der Waals surface area contributed by atoms with Crippen molar-refractivity contribution in [1.29, 1.82) is 5.26 Å². The molecule has 0 spiro atoms. The van der Waals surface area contributed by atoms with Crippen molar-refractivity contribution in [2.75, 3.05) is 0 Å². The van der Waals surface area contributed by atoms with E-state index in [2.05, 4.69) is 0 Å². The SMILES string of the molecule is N#C[C@H](CC(F)(F)C(F)(F)C(F)(F)C(F)(F)F)c1ccc(F)cc1. The Morgan fingerprint density at radius 3 is 1.67 bits per heavy atom. The van der Waals surface area contributed by atoms with Crippen molar-refractivity contribution in [3.8, 4) is 6.07 Å². The van der Waals surface area contributed by atoms with Gasteiger partial charge in [-0.1, -0.05) is 12.1 Å². The lowest BCUT2D eigenvalue weighted by Gasteiger charge is -2.34. The van der Waals surface area contributed by atoms with Gasteiger partial charge in [-0.3, -0.25) is 0 Å². The van der Waals surface area contributed by atoms with Gasteiger partial charge in [0, 0.05) is 6.42 Å². The summed E-state index contributed by atoms with van der Waals surface area (Å²) < 4.78 is 127. The zero-order valence-corrected chi connectivity index (χ0v) is 11.3. The van der Waals surface area contributed by atoms with Crippen molar-refractivity contribution < 1.29 is 43.9 Å². The summed E-state index contributed by atoms with van der Waals surface area (Å²) in [6.07, 6.45) is -9.23. The minimum absolute atomic E-state index is 0.440. The number of nitriles is 1. The molecule has 0 fully saturated rings. The summed E-state index contributed by atoms with van der Waals surface area (Å²) in [5.41, 5.74) is -0.440. The van der Waals surface area contributed by atoms with E-state index in [9.17, 15) is 43.9 Å². The summed E-state index contributed by atoms with van der Waals surface area (Å²) in [5.74, 6) is -22.7. The fourth-order valence-electron chi connectivity index (χ4n) is 1.73. The predicted octanol–water partition coefficient (Wildman–Crippen LogP) is 5.29. The second kappa shape index (κ2) is 6.14. The van der Waals surface area contributed by atoms with Gasteiger partial charge in [0.2, 0.25) is 0 Å². The highest BCUT2D eigenvalue weighted by Crippen LogP contribution is 2.55. The van der Waals surface area contributed by atoms with Crippen LogP contribution in [0.15, 0.2) is 24.3 Å². The Bertz CT molecular complexity index is 611. The zero-order chi connectivity index (χ0) is 19.0. The van der Waals surface area contributed by atoms with Crippen LogP contribution in [0.1, 0.15) is 17.9 Å². The normalized spacial score (nSPS) is 15.0. The van der Waals surface area contributed by atoms with Crippen LogP contribution >= 0.6 is 0 Å². The smallest absolute Gasteiger partial charge is 0.207 e. The molecule has 0 saturated heterocycles. The Labute approximate surface area is 128 Å². The van der Waals surface area contributed by atoms with Gasteiger partial charge in [0.15, 0.2) is 0 Å². The molecule has 0 aliphatic rings. The highest BCUT2D eigenvalue weighted by atomic mass is 19.4. The first-order chi connectivity index (χ1) is 10.7. The van der Waals surface area contributed by atoms with Crippen molar-refractivity contribution in [3.05, 3.63) is 35.6 Å². The first-order valence-corrected chi connectivity index (χ1v) is 6.02. The van der Waals surface area contributed by atoms with E-state index in [-0.39, 0.29) is 0 Å². The van der Waals surface area contributed by atoms with E-state index in [0.717, 1.165) is 18.2 Å². The molecule has 0 amide bonds. The molecule has 0 radical (unpaired) electrons. The van der Waals surface area contributed by atoms with Gasteiger partial charge in [0.05, 0.1) is 12.0 Å². The lowest BCUT2D eigenvalue weighted by molar-refractivity contribution is -0.396. The lowest BCUT2D eigenvalue weighted by Crippen LogP contribution is -2.61. The maximum atomic E-state index is 13.5. The highest BCUT2D eigenvalue weighted by Gasteiger charge is 2.81. The fraction of sp³-hybridized carbons (Fsp3) is 0.462. The number of nitrogens with zero attached hydrogens (tertiary/aromatic N) is 1. The molecule has 0 aliphatic heterocycles. The zero-order valence-electron chi connectivity index (χ0n) is 11.3. The number of halogens is 10. The molecule has 0 aliphatic carbocycles. The Morgan fingerprint density at radius 2 is 1.29 bits per heavy atom. The molecule has 11 heteroatoms. The number of alkyl halides is 9. The van der Waals surface area contributed by atoms with Crippen LogP contribution in [-0.4, -0.2) is 23.9 Å². The summed E-state index contributed by atoms with van der Waals surface area (Å²) in [5, 5.41) is 8.71. The van der Waals surface area contributed by atoms with Gasteiger partial charge in [-0.05, 0) is 17.7 Å². The first-order valence-electron chi connectivity index (χ1n) is 6.02. The van der Waals surface area contributed by atoms with Crippen molar-refractivity contribution >= 4 is 0 Å². The fourth-order valence-corrected chi connectivity index (χ4v) is 1.73. The van der Waals surface area contributed by atoms with E-state index < -0.39 is 47.7 Å². The van der Waals surface area contributed by atoms with Crippen LogP contribution in [0.4, 0.5) is 43.9 Å². The topological polar surface area (TPSA) is 23.8 Å². The van der Waals surface area contributed by atoms with Crippen LogP contribution < -0.4 is 0 Å². The molecule has 0 unspecified atom stereocenters. The number of benzene rings is 1. The van der Waals surface area contributed by atoms with Gasteiger partial charge >= 0.3 is 23.9 Å². The molecule has 24 heavy (non-hydrogen) atoms. The maximum absolute atomic E-state index is 13.5. The van der Waals surface area contributed by atoms with Crippen molar-refractivity contribution in [2.45, 2.75) is 36.3 Å². The van der Waals surface area contributed by atoms with Crippen LogP contribution in [0.25, 0.3) is 0 Å². The van der Waals surface area contributed by atoms with Crippen LogP contribution in [0.3, 0.4) is 0 Å². The molecule has 1 aromatic carbocycles. The second-order valence-electron chi connectivity index (χ2n) is 4.79. The molecule has 1 atom stereocenters. The van der Waals surface area contributed by atoms with Crippen LogP contribution in [-0.2, 0) is 0 Å². The first kappa shape index (κ1) is 20.1. The van der Waals surface area contributed by atoms with Crippen molar-refractivity contribution in [1.82, 2.24) is 0 Å². The van der Waals surface area contributed by atoms with E-state index in [1.807, 2.05) is 0 Å². The molecule has 0 aromatic heterocycles. The van der Waals surface area contributed by atoms with Gasteiger partial charge < -0.3 is 0 Å². The Kier molecular flexibility index (Phi) is 5.13. The Morgan fingerprint density at radius 1 is 0.833 bits per heavy atom. The summed E-state index contributed by atoms with van der Waals surface area (Å²) >= 11 is 0. The average molecular weight is 367 g/mol. The molecule has 0 bridgehead atoms. The Balaban J connectivity index is 3.18. The number of hydrogen-bond donors (Lipinski definition) is 0. The summed E-state index contributed by atoms with van der Waals surface area (Å²) in [6, 6.07) is 3.95. The molecule has 0 heterocycles. The predicted molar refractivity (Wildman–Crippen MR) is 60.3 cm³/mol. The standard InChI is InChI=1S/C13H7F10N/c14-9-3-1-7(2-4-9)8(6-24)5-10(15,16)11(17,18)12(19,20)13(21,22)23/h1-4,8H,5H2/t8-/m0/s1. The summed E-state index contributed by atoms with van der Waals surface area (Å²) in [7, 11) is 0. The number of hydrogen-bond acceptors (Lipinski definition) is 1. The molecular formula is C13H7F10N. The van der Waals surface area contributed by atoms with Crippen LogP contribution in [0.2, 0.25) is 0 Å². The molecule has 0 N–H and O–H groups in total. The van der Waals surface area contributed by atoms with Gasteiger partial charge in [-0.25, -0.2) is 4.39 Å². The third kappa shape index (κ3) is 3.42. The minimum Gasteiger partial charge on any atom is -0.207 e. The van der Waals surface area contributed by atoms with Gasteiger partial charge in [0.25, 0.3) is 0 Å². The summed E-state index contributed by atoms with van der Waals surface area (Å²) in [4.78, 5) is 0. The van der Waals surface area contributed by atoms with Crippen molar-refractivity contribution in [3.63, 3.8) is 0 Å². The lowest BCUT2D eigenvalue weighted by atomic mass is 9.89. The molecular weight excluding hydrogens is 360 g/mol. The molecule has 0 saturated carbocycles. The monoisotopic (exact) mass is 367 g/mol. The largest absolute Gasteiger partial charge is 0.460 e. The molecule has 1 aromatic rings. The quantitative estimate of drug-likeness (QED) is 0.649. The second-order valence-corrected chi connectivity index (χ2v) is 4.79. The van der Waals surface area contributed by atoms with E-state index in [4.69, 9.17) is 5.26 Å². The van der Waals surface area contributed by atoms with Gasteiger partial charge in [0.1, 0.15) is 5.82 Å². The van der Waals surface area contributed by atoms with Crippen molar-refractivity contribution in [2.24, 2.45) is 0 Å². The van der Waals surface area contributed by atoms with Gasteiger partial charge in [-0.15, -0.1) is 0 Å². The Hall–Kier alpha value is -1.99. The molecule has 1 rings (SSSR count). The maximum Gasteiger partial charge on any atom is 0.460 e. The third-order valence-corrected chi connectivity index (χ3v) is 3.10. The van der Waals surface area contributed by atoms with Crippen LogP contribution in [0.5, 0.6) is 0 Å². The van der Waals surface area contributed by atoms with E-state index in [1.165, 1.54) is 0 Å². The molecule has 1 nitrogen and oxygen atoms in total. The van der Waals surface area contributed by atoms with E-state index in [1.54, 1.807) is 0 Å². The molecule has 134 valence electrons. The average Bonchev–Trinajstić information content (AvgIpc) is 2.44.